The van der Waals surface area contributed by atoms with Crippen LogP contribution < -0.4 is 0 Å². The van der Waals surface area contributed by atoms with E-state index in [1.807, 2.05) is 30.3 Å². The van der Waals surface area contributed by atoms with Gasteiger partial charge < -0.3 is 5.11 Å². The zero-order valence-electron chi connectivity index (χ0n) is 12.5. The summed E-state index contributed by atoms with van der Waals surface area (Å²) < 4.78 is 0. The second kappa shape index (κ2) is 6.28. The Balaban J connectivity index is 1.62. The summed E-state index contributed by atoms with van der Waals surface area (Å²) in [5, 5.41) is 10.5. The van der Waals surface area contributed by atoms with E-state index in [0.29, 0.717) is 5.92 Å². The Bertz CT molecular complexity index is 419. The molecule has 4 unspecified atom stereocenters. The third-order valence-corrected chi connectivity index (χ3v) is 5.31. The van der Waals surface area contributed by atoms with Crippen LogP contribution in [0.5, 0.6) is 0 Å². The van der Waals surface area contributed by atoms with Crippen LogP contribution in [0.1, 0.15) is 50.7 Å². The predicted octanol–water partition coefficient (Wildman–Crippen LogP) is 3.62. The van der Waals surface area contributed by atoms with Crippen molar-refractivity contribution in [3.05, 3.63) is 35.9 Å². The summed E-state index contributed by atoms with van der Waals surface area (Å²) in [6.45, 7) is 4.46. The fraction of sp³-hybridized carbons (Fsp3) is 0.667. The molecule has 1 saturated heterocycles. The first-order valence-corrected chi connectivity index (χ1v) is 8.23. The van der Waals surface area contributed by atoms with Gasteiger partial charge in [0, 0.05) is 12.6 Å². The Labute approximate surface area is 122 Å². The monoisotopic (exact) mass is 273 g/mol. The van der Waals surface area contributed by atoms with Crippen LogP contribution in [0.25, 0.3) is 0 Å². The molecule has 2 fully saturated rings. The maximum atomic E-state index is 10.5. The first-order valence-electron chi connectivity index (χ1n) is 8.23. The topological polar surface area (TPSA) is 23.5 Å². The number of hydrogen-bond acceptors (Lipinski definition) is 2. The summed E-state index contributed by atoms with van der Waals surface area (Å²) in [7, 11) is 0. The van der Waals surface area contributed by atoms with Crippen molar-refractivity contribution in [1.82, 2.24) is 4.90 Å². The van der Waals surface area contributed by atoms with Gasteiger partial charge in [-0.05, 0) is 49.6 Å². The minimum atomic E-state index is -0.335. The minimum Gasteiger partial charge on any atom is -0.388 e. The van der Waals surface area contributed by atoms with Crippen molar-refractivity contribution in [3.63, 3.8) is 0 Å². The van der Waals surface area contributed by atoms with E-state index in [4.69, 9.17) is 0 Å². The second-order valence-corrected chi connectivity index (χ2v) is 6.73. The van der Waals surface area contributed by atoms with Crippen molar-refractivity contribution in [2.75, 3.05) is 13.1 Å². The molecule has 1 heterocycles. The highest BCUT2D eigenvalue weighted by atomic mass is 16.3. The summed E-state index contributed by atoms with van der Waals surface area (Å²) in [6, 6.07) is 10.9. The van der Waals surface area contributed by atoms with Gasteiger partial charge in [0.15, 0.2) is 0 Å². The molecule has 0 spiro atoms. The van der Waals surface area contributed by atoms with Crippen LogP contribution in [-0.4, -0.2) is 29.1 Å². The number of hydrogen-bond donors (Lipinski definition) is 1. The van der Waals surface area contributed by atoms with Crippen molar-refractivity contribution in [3.8, 4) is 0 Å². The van der Waals surface area contributed by atoms with Crippen molar-refractivity contribution >= 4 is 0 Å². The number of nitrogens with zero attached hydrogens (tertiary/aromatic N) is 1. The van der Waals surface area contributed by atoms with Crippen molar-refractivity contribution < 1.29 is 5.11 Å². The van der Waals surface area contributed by atoms with Gasteiger partial charge in [-0.2, -0.15) is 0 Å². The number of piperidine rings is 1. The van der Waals surface area contributed by atoms with E-state index in [0.717, 1.165) is 24.1 Å². The molecule has 1 aliphatic heterocycles. The molecule has 2 aliphatic rings. The summed E-state index contributed by atoms with van der Waals surface area (Å²) in [4.78, 5) is 2.66. The molecule has 3 rings (SSSR count). The minimum absolute atomic E-state index is 0.303. The summed E-state index contributed by atoms with van der Waals surface area (Å²) >= 11 is 0. The normalized spacial score (nSPS) is 29.9. The Morgan fingerprint density at radius 3 is 2.70 bits per heavy atom. The van der Waals surface area contributed by atoms with Crippen LogP contribution in [0.15, 0.2) is 30.3 Å². The number of aliphatic hydroxyl groups is 1. The largest absolute Gasteiger partial charge is 0.388 e. The zero-order valence-corrected chi connectivity index (χ0v) is 12.5. The first kappa shape index (κ1) is 14.1. The SMILES string of the molecule is CC(CN1CCCC2CCCC21)C(O)c1ccccc1. The molecule has 0 bridgehead atoms. The number of aliphatic hydroxyl groups excluding tert-OH is 1. The molecule has 1 saturated carbocycles. The fourth-order valence-electron chi connectivity index (χ4n) is 4.23. The van der Waals surface area contributed by atoms with Gasteiger partial charge in [0.1, 0.15) is 0 Å². The molecule has 1 aliphatic carbocycles. The Morgan fingerprint density at radius 2 is 1.90 bits per heavy atom. The van der Waals surface area contributed by atoms with Crippen LogP contribution >= 0.6 is 0 Å². The Morgan fingerprint density at radius 1 is 1.15 bits per heavy atom. The number of likely N-dealkylation sites (tertiary alicyclic amines) is 1. The van der Waals surface area contributed by atoms with E-state index >= 15 is 0 Å². The van der Waals surface area contributed by atoms with E-state index in [2.05, 4.69) is 11.8 Å². The lowest BCUT2D eigenvalue weighted by molar-refractivity contribution is 0.0474. The van der Waals surface area contributed by atoms with Crippen LogP contribution in [0.2, 0.25) is 0 Å². The Kier molecular flexibility index (Phi) is 4.42. The highest BCUT2D eigenvalue weighted by Gasteiger charge is 2.35. The van der Waals surface area contributed by atoms with Crippen LogP contribution in [0.4, 0.5) is 0 Å². The lowest BCUT2D eigenvalue weighted by atomic mass is 9.89. The smallest absolute Gasteiger partial charge is 0.0827 e. The summed E-state index contributed by atoms with van der Waals surface area (Å²) in [5.74, 6) is 1.24. The maximum Gasteiger partial charge on any atom is 0.0827 e. The highest BCUT2D eigenvalue weighted by molar-refractivity contribution is 5.17. The molecular formula is C18H27NO. The van der Waals surface area contributed by atoms with Gasteiger partial charge in [-0.15, -0.1) is 0 Å². The molecule has 20 heavy (non-hydrogen) atoms. The number of fused-ring (bicyclic) bond motifs is 1. The molecule has 0 aromatic heterocycles. The second-order valence-electron chi connectivity index (χ2n) is 6.73. The van der Waals surface area contributed by atoms with Gasteiger partial charge in [-0.25, -0.2) is 0 Å². The van der Waals surface area contributed by atoms with Gasteiger partial charge >= 0.3 is 0 Å². The van der Waals surface area contributed by atoms with Crippen LogP contribution in [0, 0.1) is 11.8 Å². The van der Waals surface area contributed by atoms with E-state index < -0.39 is 0 Å². The quantitative estimate of drug-likeness (QED) is 0.905. The van der Waals surface area contributed by atoms with E-state index in [9.17, 15) is 5.11 Å². The van der Waals surface area contributed by atoms with Gasteiger partial charge in [-0.1, -0.05) is 43.7 Å². The standard InChI is InChI=1S/C18H27NO/c1-14(18(20)16-7-3-2-4-8-16)13-19-12-6-10-15-9-5-11-17(15)19/h2-4,7-8,14-15,17-18,20H,5-6,9-13H2,1H3. The zero-order chi connectivity index (χ0) is 13.9. The number of benzene rings is 1. The molecular weight excluding hydrogens is 246 g/mol. The predicted molar refractivity (Wildman–Crippen MR) is 82.5 cm³/mol. The average Bonchev–Trinajstić information content (AvgIpc) is 2.97. The molecule has 0 radical (unpaired) electrons. The molecule has 110 valence electrons. The molecule has 1 aromatic rings. The third kappa shape index (κ3) is 2.91. The van der Waals surface area contributed by atoms with Gasteiger partial charge in [0.2, 0.25) is 0 Å². The van der Waals surface area contributed by atoms with Crippen molar-refractivity contribution in [2.45, 2.75) is 51.2 Å². The van der Waals surface area contributed by atoms with Crippen LogP contribution in [-0.2, 0) is 0 Å². The Hall–Kier alpha value is -0.860. The third-order valence-electron chi connectivity index (χ3n) is 5.31. The van der Waals surface area contributed by atoms with E-state index in [1.54, 1.807) is 0 Å². The van der Waals surface area contributed by atoms with E-state index in [-0.39, 0.29) is 6.10 Å². The molecule has 0 amide bonds. The maximum absolute atomic E-state index is 10.5. The molecule has 4 atom stereocenters. The van der Waals surface area contributed by atoms with Crippen molar-refractivity contribution in [2.24, 2.45) is 11.8 Å². The summed E-state index contributed by atoms with van der Waals surface area (Å²) in [5.41, 5.74) is 1.06. The molecule has 2 nitrogen and oxygen atoms in total. The van der Waals surface area contributed by atoms with Crippen molar-refractivity contribution in [1.29, 1.82) is 0 Å². The van der Waals surface area contributed by atoms with E-state index in [1.165, 1.54) is 38.6 Å². The highest BCUT2D eigenvalue weighted by Crippen LogP contribution is 2.37. The number of rotatable bonds is 4. The first-order chi connectivity index (χ1) is 9.75. The lowest BCUT2D eigenvalue weighted by Gasteiger charge is -2.39. The van der Waals surface area contributed by atoms with Gasteiger partial charge in [0.25, 0.3) is 0 Å². The fourth-order valence-corrected chi connectivity index (χ4v) is 4.23. The lowest BCUT2D eigenvalue weighted by Crippen LogP contribution is -2.45. The van der Waals surface area contributed by atoms with Gasteiger partial charge in [0.05, 0.1) is 6.10 Å². The molecule has 1 N–H and O–H groups in total. The van der Waals surface area contributed by atoms with Gasteiger partial charge in [-0.3, -0.25) is 4.90 Å². The van der Waals surface area contributed by atoms with Crippen LogP contribution in [0.3, 0.4) is 0 Å². The molecule has 1 aromatic carbocycles. The average molecular weight is 273 g/mol. The molecule has 2 heteroatoms. The summed E-state index contributed by atoms with van der Waals surface area (Å²) in [6.07, 6.45) is 6.64.